The van der Waals surface area contributed by atoms with Gasteiger partial charge in [0.05, 0.1) is 12.0 Å². The molecule has 3 heteroatoms. The highest BCUT2D eigenvalue weighted by Crippen LogP contribution is 2.44. The molecule has 2 saturated carbocycles. The van der Waals surface area contributed by atoms with Crippen molar-refractivity contribution in [2.75, 3.05) is 0 Å². The molecule has 3 rings (SSSR count). The van der Waals surface area contributed by atoms with Gasteiger partial charge >= 0.3 is 5.97 Å². The summed E-state index contributed by atoms with van der Waals surface area (Å²) in [5, 5.41) is 18.9. The average Bonchev–Trinajstić information content (AvgIpc) is 3.31. The van der Waals surface area contributed by atoms with Gasteiger partial charge in [0.1, 0.15) is 0 Å². The van der Waals surface area contributed by atoms with Crippen molar-refractivity contribution in [1.29, 1.82) is 0 Å². The summed E-state index contributed by atoms with van der Waals surface area (Å²) < 4.78 is 0. The molecule has 0 radical (unpaired) electrons. The van der Waals surface area contributed by atoms with E-state index in [2.05, 4.69) is 24.3 Å². The summed E-state index contributed by atoms with van der Waals surface area (Å²) in [5.74, 6) is 0.0280. The van der Waals surface area contributed by atoms with Crippen molar-refractivity contribution in [2.24, 2.45) is 5.92 Å². The van der Waals surface area contributed by atoms with Crippen LogP contribution in [0.3, 0.4) is 0 Å². The van der Waals surface area contributed by atoms with Crippen molar-refractivity contribution in [3.8, 4) is 0 Å². The number of aliphatic carboxylic acids is 1. The smallest absolute Gasteiger partial charge is 0.303 e. The maximum Gasteiger partial charge on any atom is 0.303 e. The minimum Gasteiger partial charge on any atom is -0.481 e. The fourth-order valence-electron chi connectivity index (χ4n) is 2.95. The van der Waals surface area contributed by atoms with E-state index >= 15 is 0 Å². The number of carbonyl (C=O) groups is 1. The molecule has 0 aliphatic heterocycles. The Labute approximate surface area is 119 Å². The first-order valence-corrected chi connectivity index (χ1v) is 7.59. The van der Waals surface area contributed by atoms with Crippen LogP contribution in [-0.4, -0.2) is 21.8 Å². The Bertz CT molecular complexity index is 483. The van der Waals surface area contributed by atoms with Gasteiger partial charge in [-0.1, -0.05) is 24.3 Å². The molecular weight excluding hydrogens is 252 g/mol. The van der Waals surface area contributed by atoms with Gasteiger partial charge < -0.3 is 10.2 Å². The molecule has 1 unspecified atom stereocenters. The van der Waals surface area contributed by atoms with E-state index in [1.54, 1.807) is 0 Å². The Hall–Kier alpha value is -1.35. The number of rotatable bonds is 7. The van der Waals surface area contributed by atoms with E-state index in [0.29, 0.717) is 5.92 Å². The van der Waals surface area contributed by atoms with Gasteiger partial charge in [-0.05, 0) is 61.5 Å². The minimum absolute atomic E-state index is 0.175. The Morgan fingerprint density at radius 1 is 1.25 bits per heavy atom. The van der Waals surface area contributed by atoms with E-state index in [9.17, 15) is 9.90 Å². The molecule has 0 spiro atoms. The lowest BCUT2D eigenvalue weighted by Gasteiger charge is -2.15. The van der Waals surface area contributed by atoms with Crippen molar-refractivity contribution < 1.29 is 15.0 Å². The summed E-state index contributed by atoms with van der Waals surface area (Å²) in [4.78, 5) is 11.0. The molecule has 3 nitrogen and oxygen atoms in total. The predicted molar refractivity (Wildman–Crippen MR) is 76.7 cm³/mol. The first kappa shape index (κ1) is 13.6. The zero-order valence-electron chi connectivity index (χ0n) is 11.7. The first-order chi connectivity index (χ1) is 9.56. The van der Waals surface area contributed by atoms with Crippen molar-refractivity contribution in [3.63, 3.8) is 0 Å². The predicted octanol–water partition coefficient (Wildman–Crippen LogP) is 3.11. The molecule has 1 atom stereocenters. The third kappa shape index (κ3) is 3.40. The van der Waals surface area contributed by atoms with Gasteiger partial charge in [0.15, 0.2) is 0 Å². The Morgan fingerprint density at radius 2 is 1.90 bits per heavy atom. The van der Waals surface area contributed by atoms with Gasteiger partial charge in [0, 0.05) is 0 Å². The number of hydrogen-bond acceptors (Lipinski definition) is 2. The van der Waals surface area contributed by atoms with Gasteiger partial charge in [0.25, 0.3) is 0 Å². The quantitative estimate of drug-likeness (QED) is 0.803. The SMILES string of the molecule is O=C(O)CC(c1ccc(CCC2(O)CC2)cc1)C1CC1. The van der Waals surface area contributed by atoms with Crippen molar-refractivity contribution >= 4 is 5.97 Å². The zero-order chi connectivity index (χ0) is 14.2. The molecule has 0 heterocycles. The lowest BCUT2D eigenvalue weighted by atomic mass is 9.90. The summed E-state index contributed by atoms with van der Waals surface area (Å²) in [5.41, 5.74) is 2.00. The van der Waals surface area contributed by atoms with Crippen molar-refractivity contribution in [1.82, 2.24) is 0 Å². The number of aliphatic hydroxyl groups is 1. The van der Waals surface area contributed by atoms with Gasteiger partial charge in [-0.3, -0.25) is 4.79 Å². The number of benzene rings is 1. The Balaban J connectivity index is 1.63. The molecule has 0 amide bonds. The lowest BCUT2D eigenvalue weighted by Crippen LogP contribution is -2.09. The normalized spacial score (nSPS) is 21.4. The molecule has 2 aliphatic rings. The van der Waals surface area contributed by atoms with E-state index in [4.69, 9.17) is 5.11 Å². The zero-order valence-corrected chi connectivity index (χ0v) is 11.7. The topological polar surface area (TPSA) is 57.5 Å². The van der Waals surface area contributed by atoms with E-state index in [-0.39, 0.29) is 12.3 Å². The minimum atomic E-state index is -0.707. The van der Waals surface area contributed by atoms with Crippen LogP contribution in [0.2, 0.25) is 0 Å². The largest absolute Gasteiger partial charge is 0.481 e. The second-order valence-electron chi connectivity index (χ2n) is 6.51. The fourth-order valence-corrected chi connectivity index (χ4v) is 2.95. The third-order valence-electron chi connectivity index (χ3n) is 4.70. The van der Waals surface area contributed by atoms with Crippen molar-refractivity contribution in [2.45, 2.75) is 56.5 Å². The molecule has 0 bridgehead atoms. The molecule has 2 fully saturated rings. The molecule has 2 N–H and O–H groups in total. The van der Waals surface area contributed by atoms with Crippen LogP contribution in [0.15, 0.2) is 24.3 Å². The highest BCUT2D eigenvalue weighted by atomic mass is 16.4. The number of carboxylic acids is 1. The Morgan fingerprint density at radius 3 is 2.40 bits per heavy atom. The summed E-state index contributed by atoms with van der Waals surface area (Å²) in [6.07, 6.45) is 6.18. The lowest BCUT2D eigenvalue weighted by molar-refractivity contribution is -0.137. The summed E-state index contributed by atoms with van der Waals surface area (Å²) in [6.45, 7) is 0. The van der Waals surface area contributed by atoms with E-state index in [1.165, 1.54) is 5.56 Å². The van der Waals surface area contributed by atoms with Crippen LogP contribution >= 0.6 is 0 Å². The van der Waals surface area contributed by atoms with Gasteiger partial charge in [-0.2, -0.15) is 0 Å². The number of aryl methyl sites for hydroxylation is 1. The van der Waals surface area contributed by atoms with Crippen LogP contribution in [-0.2, 0) is 11.2 Å². The van der Waals surface area contributed by atoms with Gasteiger partial charge in [-0.25, -0.2) is 0 Å². The monoisotopic (exact) mass is 274 g/mol. The van der Waals surface area contributed by atoms with Crippen LogP contribution in [0.25, 0.3) is 0 Å². The van der Waals surface area contributed by atoms with Crippen LogP contribution in [0.5, 0.6) is 0 Å². The summed E-state index contributed by atoms with van der Waals surface area (Å²) >= 11 is 0. The molecule has 1 aromatic rings. The van der Waals surface area contributed by atoms with E-state index in [0.717, 1.165) is 44.1 Å². The van der Waals surface area contributed by atoms with Gasteiger partial charge in [0.2, 0.25) is 0 Å². The highest BCUT2D eigenvalue weighted by Gasteiger charge is 2.39. The maximum absolute atomic E-state index is 11.0. The van der Waals surface area contributed by atoms with E-state index < -0.39 is 11.6 Å². The van der Waals surface area contributed by atoms with Crippen molar-refractivity contribution in [3.05, 3.63) is 35.4 Å². The molecular formula is C17H22O3. The van der Waals surface area contributed by atoms with Gasteiger partial charge in [-0.15, -0.1) is 0 Å². The molecule has 20 heavy (non-hydrogen) atoms. The number of carboxylic acid groups (broad SMARTS) is 1. The standard InChI is InChI=1S/C17H22O3/c18-16(19)11-15(14-5-6-14)13-3-1-12(2-4-13)7-8-17(20)9-10-17/h1-4,14-15,20H,5-11H2,(H,18,19). The second-order valence-corrected chi connectivity index (χ2v) is 6.51. The maximum atomic E-state index is 11.0. The molecule has 0 saturated heterocycles. The fraction of sp³-hybridized carbons (Fsp3) is 0.588. The molecule has 0 aromatic heterocycles. The highest BCUT2D eigenvalue weighted by molar-refractivity contribution is 5.68. The molecule has 108 valence electrons. The van der Waals surface area contributed by atoms with Crippen LogP contribution < -0.4 is 0 Å². The third-order valence-corrected chi connectivity index (χ3v) is 4.70. The Kier molecular flexibility index (Phi) is 3.55. The van der Waals surface area contributed by atoms with Crippen LogP contribution in [0.1, 0.15) is 55.6 Å². The van der Waals surface area contributed by atoms with Crippen LogP contribution in [0.4, 0.5) is 0 Å². The molecule has 2 aliphatic carbocycles. The average molecular weight is 274 g/mol. The summed E-state index contributed by atoms with van der Waals surface area (Å²) in [6, 6.07) is 8.35. The van der Waals surface area contributed by atoms with E-state index in [1.807, 2.05) is 0 Å². The summed E-state index contributed by atoms with van der Waals surface area (Å²) in [7, 11) is 0. The number of hydrogen-bond donors (Lipinski definition) is 2. The van der Waals surface area contributed by atoms with Crippen LogP contribution in [0, 0.1) is 5.92 Å². The molecule has 1 aromatic carbocycles. The second kappa shape index (κ2) is 5.21. The first-order valence-electron chi connectivity index (χ1n) is 7.59.